The number of allylic oxidation sites excluding steroid dienone is 1. The van der Waals surface area contributed by atoms with Crippen LogP contribution in [0, 0.1) is 11.3 Å². The lowest BCUT2D eigenvalue weighted by Gasteiger charge is -2.35. The predicted molar refractivity (Wildman–Crippen MR) is 87.1 cm³/mol. The van der Waals surface area contributed by atoms with Crippen LogP contribution in [0.1, 0.15) is 31.4 Å². The number of benzene rings is 1. The maximum Gasteiger partial charge on any atom is 0.249 e. The summed E-state index contributed by atoms with van der Waals surface area (Å²) in [5.74, 6) is 0.167. The van der Waals surface area contributed by atoms with Crippen molar-refractivity contribution in [1.82, 2.24) is 9.80 Å². The standard InChI is InChI=1S/C18H23N3O/c1-3-4-15(2)18(22)21-11-9-20(10-12-21)14-17-7-5-16(13-19)6-8-17/h4-8H,3,9-12,14H2,1-2H3/b15-4+. The number of amides is 1. The van der Waals surface area contributed by atoms with Gasteiger partial charge in [-0.1, -0.05) is 25.1 Å². The Hall–Kier alpha value is -2.12. The molecule has 0 spiro atoms. The van der Waals surface area contributed by atoms with Gasteiger partial charge < -0.3 is 4.90 Å². The van der Waals surface area contributed by atoms with Gasteiger partial charge in [-0.05, 0) is 31.0 Å². The Bertz CT molecular complexity index is 575. The van der Waals surface area contributed by atoms with Crippen molar-refractivity contribution < 1.29 is 4.79 Å². The summed E-state index contributed by atoms with van der Waals surface area (Å²) >= 11 is 0. The Balaban J connectivity index is 1.85. The topological polar surface area (TPSA) is 47.3 Å². The molecule has 1 aromatic rings. The van der Waals surface area contributed by atoms with Crippen LogP contribution in [-0.4, -0.2) is 41.9 Å². The highest BCUT2D eigenvalue weighted by atomic mass is 16.2. The molecule has 1 aliphatic heterocycles. The van der Waals surface area contributed by atoms with Gasteiger partial charge in [0.1, 0.15) is 0 Å². The van der Waals surface area contributed by atoms with Gasteiger partial charge >= 0.3 is 0 Å². The van der Waals surface area contributed by atoms with E-state index >= 15 is 0 Å². The Labute approximate surface area is 132 Å². The Morgan fingerprint density at radius 2 is 1.86 bits per heavy atom. The first-order chi connectivity index (χ1) is 10.6. The second-order valence-corrected chi connectivity index (χ2v) is 5.67. The first-order valence-electron chi connectivity index (χ1n) is 7.81. The smallest absolute Gasteiger partial charge is 0.249 e. The van der Waals surface area contributed by atoms with Crippen LogP contribution in [0.4, 0.5) is 0 Å². The zero-order valence-electron chi connectivity index (χ0n) is 13.4. The minimum Gasteiger partial charge on any atom is -0.336 e. The Morgan fingerprint density at radius 3 is 2.41 bits per heavy atom. The molecular formula is C18H23N3O. The van der Waals surface area contributed by atoms with Crippen LogP contribution in [0.2, 0.25) is 0 Å². The van der Waals surface area contributed by atoms with E-state index in [4.69, 9.17) is 5.26 Å². The second kappa shape index (κ2) is 7.77. The largest absolute Gasteiger partial charge is 0.336 e. The summed E-state index contributed by atoms with van der Waals surface area (Å²) in [5, 5.41) is 8.81. The lowest BCUT2D eigenvalue weighted by molar-refractivity contribution is -0.128. The number of piperazine rings is 1. The zero-order valence-corrected chi connectivity index (χ0v) is 13.4. The molecule has 1 saturated heterocycles. The molecule has 0 aromatic heterocycles. The number of rotatable bonds is 4. The van der Waals surface area contributed by atoms with Crippen LogP contribution >= 0.6 is 0 Å². The number of hydrogen-bond donors (Lipinski definition) is 0. The molecule has 22 heavy (non-hydrogen) atoms. The molecule has 0 saturated carbocycles. The maximum atomic E-state index is 12.2. The highest BCUT2D eigenvalue weighted by Gasteiger charge is 2.21. The lowest BCUT2D eigenvalue weighted by atomic mass is 10.1. The van der Waals surface area contributed by atoms with E-state index in [9.17, 15) is 4.79 Å². The van der Waals surface area contributed by atoms with E-state index in [1.165, 1.54) is 5.56 Å². The van der Waals surface area contributed by atoms with Gasteiger partial charge in [-0.25, -0.2) is 0 Å². The number of hydrogen-bond acceptors (Lipinski definition) is 3. The molecule has 1 amide bonds. The number of carbonyl (C=O) groups excluding carboxylic acids is 1. The maximum absolute atomic E-state index is 12.2. The average molecular weight is 297 g/mol. The molecule has 0 N–H and O–H groups in total. The normalized spacial score (nSPS) is 16.4. The third-order valence-electron chi connectivity index (χ3n) is 4.00. The van der Waals surface area contributed by atoms with E-state index in [2.05, 4.69) is 11.0 Å². The summed E-state index contributed by atoms with van der Waals surface area (Å²) in [7, 11) is 0. The van der Waals surface area contributed by atoms with Crippen LogP contribution in [0.25, 0.3) is 0 Å². The molecule has 0 bridgehead atoms. The lowest BCUT2D eigenvalue weighted by Crippen LogP contribution is -2.48. The van der Waals surface area contributed by atoms with Crippen molar-refractivity contribution in [3.05, 3.63) is 47.0 Å². The monoisotopic (exact) mass is 297 g/mol. The van der Waals surface area contributed by atoms with Crippen molar-refractivity contribution in [3.63, 3.8) is 0 Å². The van der Waals surface area contributed by atoms with E-state index in [1.54, 1.807) is 0 Å². The van der Waals surface area contributed by atoms with E-state index in [-0.39, 0.29) is 5.91 Å². The van der Waals surface area contributed by atoms with Crippen LogP contribution in [0.15, 0.2) is 35.9 Å². The van der Waals surface area contributed by atoms with Gasteiger partial charge in [0, 0.05) is 38.3 Å². The fourth-order valence-corrected chi connectivity index (χ4v) is 2.69. The molecule has 1 fully saturated rings. The molecule has 0 aliphatic carbocycles. The fourth-order valence-electron chi connectivity index (χ4n) is 2.69. The highest BCUT2D eigenvalue weighted by molar-refractivity contribution is 5.92. The molecule has 0 atom stereocenters. The molecular weight excluding hydrogens is 274 g/mol. The molecule has 0 unspecified atom stereocenters. The van der Waals surface area contributed by atoms with Gasteiger partial charge in [-0.3, -0.25) is 9.69 Å². The first-order valence-corrected chi connectivity index (χ1v) is 7.81. The molecule has 0 radical (unpaired) electrons. The van der Waals surface area contributed by atoms with E-state index in [0.717, 1.165) is 44.7 Å². The van der Waals surface area contributed by atoms with Gasteiger partial charge in [-0.15, -0.1) is 0 Å². The van der Waals surface area contributed by atoms with Crippen LogP contribution in [-0.2, 0) is 11.3 Å². The summed E-state index contributed by atoms with van der Waals surface area (Å²) in [6, 6.07) is 9.85. The van der Waals surface area contributed by atoms with Gasteiger partial charge in [0.05, 0.1) is 11.6 Å². The van der Waals surface area contributed by atoms with Crippen LogP contribution in [0.5, 0.6) is 0 Å². The summed E-state index contributed by atoms with van der Waals surface area (Å²) < 4.78 is 0. The summed E-state index contributed by atoms with van der Waals surface area (Å²) in [6.45, 7) is 8.17. The van der Waals surface area contributed by atoms with Gasteiger partial charge in [-0.2, -0.15) is 5.26 Å². The molecule has 1 aromatic carbocycles. The molecule has 1 heterocycles. The SMILES string of the molecule is CC/C=C(\C)C(=O)N1CCN(Cc2ccc(C#N)cc2)CC1. The van der Waals surface area contributed by atoms with Crippen molar-refractivity contribution in [2.24, 2.45) is 0 Å². The number of nitrogens with zero attached hydrogens (tertiary/aromatic N) is 3. The summed E-state index contributed by atoms with van der Waals surface area (Å²) in [4.78, 5) is 16.5. The van der Waals surface area contributed by atoms with E-state index in [0.29, 0.717) is 5.56 Å². The zero-order chi connectivity index (χ0) is 15.9. The summed E-state index contributed by atoms with van der Waals surface area (Å²) in [6.07, 6.45) is 2.89. The number of nitriles is 1. The van der Waals surface area contributed by atoms with Crippen molar-refractivity contribution >= 4 is 5.91 Å². The molecule has 4 nitrogen and oxygen atoms in total. The van der Waals surface area contributed by atoms with E-state index in [1.807, 2.05) is 49.1 Å². The predicted octanol–water partition coefficient (Wildman–Crippen LogP) is 2.56. The quantitative estimate of drug-likeness (QED) is 0.802. The Kier molecular flexibility index (Phi) is 5.74. The van der Waals surface area contributed by atoms with Crippen LogP contribution in [0.3, 0.4) is 0 Å². The fraction of sp³-hybridized carbons (Fsp3) is 0.444. The Morgan fingerprint density at radius 1 is 1.23 bits per heavy atom. The first kappa shape index (κ1) is 16.3. The van der Waals surface area contributed by atoms with Crippen molar-refractivity contribution in [2.45, 2.75) is 26.8 Å². The second-order valence-electron chi connectivity index (χ2n) is 5.67. The third kappa shape index (κ3) is 4.19. The molecule has 2 rings (SSSR count). The highest BCUT2D eigenvalue weighted by Crippen LogP contribution is 2.12. The van der Waals surface area contributed by atoms with E-state index < -0.39 is 0 Å². The van der Waals surface area contributed by atoms with Crippen molar-refractivity contribution in [1.29, 1.82) is 5.26 Å². The number of carbonyl (C=O) groups is 1. The van der Waals surface area contributed by atoms with Gasteiger partial charge in [0.25, 0.3) is 0 Å². The molecule has 4 heteroatoms. The van der Waals surface area contributed by atoms with Crippen molar-refractivity contribution in [2.75, 3.05) is 26.2 Å². The molecule has 116 valence electrons. The van der Waals surface area contributed by atoms with Crippen LogP contribution < -0.4 is 0 Å². The van der Waals surface area contributed by atoms with Gasteiger partial charge in [0.15, 0.2) is 0 Å². The molecule has 1 aliphatic rings. The third-order valence-corrected chi connectivity index (χ3v) is 4.00. The minimum absolute atomic E-state index is 0.167. The minimum atomic E-state index is 0.167. The van der Waals surface area contributed by atoms with Crippen molar-refractivity contribution in [3.8, 4) is 6.07 Å². The summed E-state index contributed by atoms with van der Waals surface area (Å²) in [5.41, 5.74) is 2.75. The average Bonchev–Trinajstić information content (AvgIpc) is 2.56. The van der Waals surface area contributed by atoms with Gasteiger partial charge in [0.2, 0.25) is 5.91 Å².